The van der Waals surface area contributed by atoms with Crippen LogP contribution in [0, 0.1) is 37.9 Å². The molecule has 0 saturated heterocycles. The molecule has 0 aliphatic rings. The molecule has 2 aromatic rings. The molecule has 2 aromatic carbocycles. The van der Waals surface area contributed by atoms with Gasteiger partial charge in [0.25, 0.3) is 0 Å². The summed E-state index contributed by atoms with van der Waals surface area (Å²) in [5.74, 6) is -0.418. The van der Waals surface area contributed by atoms with Crippen LogP contribution >= 0.6 is 0 Å². The quantitative estimate of drug-likeness (QED) is 0.864. The highest BCUT2D eigenvalue weighted by molar-refractivity contribution is 5.68. The summed E-state index contributed by atoms with van der Waals surface area (Å²) in [6, 6.07) is 10.5. The van der Waals surface area contributed by atoms with Gasteiger partial charge in [0.15, 0.2) is 0 Å². The predicted molar refractivity (Wildman–Crippen MR) is 75.1 cm³/mol. The first kappa shape index (κ1) is 13.1. The lowest BCUT2D eigenvalue weighted by atomic mass is 10.0. The Balaban J connectivity index is 2.40. The van der Waals surface area contributed by atoms with Crippen LogP contribution in [0.3, 0.4) is 0 Å². The summed E-state index contributed by atoms with van der Waals surface area (Å²) in [5, 5.41) is 11.8. The average molecular weight is 254 g/mol. The molecular weight excluding hydrogens is 239 g/mol. The van der Waals surface area contributed by atoms with Gasteiger partial charge in [-0.25, -0.2) is 4.39 Å². The zero-order chi connectivity index (χ0) is 14.0. The number of nitriles is 1. The van der Waals surface area contributed by atoms with Crippen LogP contribution in [0.5, 0.6) is 0 Å². The number of rotatable bonds is 2. The maximum atomic E-state index is 13.9. The van der Waals surface area contributed by atoms with E-state index in [4.69, 9.17) is 5.26 Å². The van der Waals surface area contributed by atoms with Crippen LogP contribution in [0.15, 0.2) is 30.3 Å². The van der Waals surface area contributed by atoms with Crippen molar-refractivity contribution in [3.63, 3.8) is 0 Å². The van der Waals surface area contributed by atoms with Crippen molar-refractivity contribution in [3.05, 3.63) is 58.4 Å². The Kier molecular flexibility index (Phi) is 3.52. The summed E-state index contributed by atoms with van der Waals surface area (Å²) in [7, 11) is 0. The second kappa shape index (κ2) is 5.11. The van der Waals surface area contributed by atoms with Gasteiger partial charge in [-0.15, -0.1) is 0 Å². The molecule has 96 valence electrons. The van der Waals surface area contributed by atoms with Crippen LogP contribution < -0.4 is 5.32 Å². The molecule has 0 heterocycles. The van der Waals surface area contributed by atoms with E-state index in [-0.39, 0.29) is 0 Å². The van der Waals surface area contributed by atoms with Crippen molar-refractivity contribution in [3.8, 4) is 6.07 Å². The van der Waals surface area contributed by atoms with Gasteiger partial charge in [-0.05, 0) is 50.1 Å². The van der Waals surface area contributed by atoms with Crippen molar-refractivity contribution in [2.45, 2.75) is 20.8 Å². The molecule has 2 nitrogen and oxygen atoms in total. The topological polar surface area (TPSA) is 35.8 Å². The van der Waals surface area contributed by atoms with E-state index in [1.54, 1.807) is 12.1 Å². The van der Waals surface area contributed by atoms with E-state index in [2.05, 4.69) is 17.4 Å². The third kappa shape index (κ3) is 2.74. The zero-order valence-electron chi connectivity index (χ0n) is 11.2. The summed E-state index contributed by atoms with van der Waals surface area (Å²) in [4.78, 5) is 0. The largest absolute Gasteiger partial charge is 0.353 e. The number of aryl methyl sites for hydroxylation is 3. The van der Waals surface area contributed by atoms with Gasteiger partial charge in [-0.2, -0.15) is 5.26 Å². The number of nitrogens with one attached hydrogen (secondary N) is 1. The minimum atomic E-state index is -0.418. The van der Waals surface area contributed by atoms with E-state index in [0.717, 1.165) is 16.8 Å². The summed E-state index contributed by atoms with van der Waals surface area (Å²) < 4.78 is 13.9. The van der Waals surface area contributed by atoms with Gasteiger partial charge in [0.1, 0.15) is 5.82 Å². The van der Waals surface area contributed by atoms with Crippen molar-refractivity contribution in [1.29, 1.82) is 5.26 Å². The highest BCUT2D eigenvalue weighted by atomic mass is 19.1. The minimum Gasteiger partial charge on any atom is -0.353 e. The third-order valence-electron chi connectivity index (χ3n) is 3.03. The number of hydrogen-bond donors (Lipinski definition) is 1. The van der Waals surface area contributed by atoms with E-state index in [9.17, 15) is 4.39 Å². The SMILES string of the molecule is Cc1cc(C)c(Nc2ccc(C#N)cc2F)c(C)c1. The van der Waals surface area contributed by atoms with Gasteiger partial charge in [0, 0.05) is 5.69 Å². The standard InChI is InChI=1S/C16H15FN2/c1-10-6-11(2)16(12(3)7-10)19-15-5-4-13(9-18)8-14(15)17/h4-8,19H,1-3H3. The Morgan fingerprint density at radius 1 is 1.05 bits per heavy atom. The van der Waals surface area contributed by atoms with Gasteiger partial charge in [-0.3, -0.25) is 0 Å². The van der Waals surface area contributed by atoms with Gasteiger partial charge < -0.3 is 5.32 Å². The normalized spacial score (nSPS) is 10.1. The Hall–Kier alpha value is -2.34. The second-order valence-electron chi connectivity index (χ2n) is 4.71. The molecule has 0 fully saturated rings. The molecule has 0 amide bonds. The molecule has 0 spiro atoms. The summed E-state index contributed by atoms with van der Waals surface area (Å²) in [6.07, 6.45) is 0. The Morgan fingerprint density at radius 2 is 1.68 bits per heavy atom. The fourth-order valence-electron chi connectivity index (χ4n) is 2.20. The maximum Gasteiger partial charge on any atom is 0.147 e. The average Bonchev–Trinajstić information content (AvgIpc) is 2.35. The zero-order valence-corrected chi connectivity index (χ0v) is 11.2. The van der Waals surface area contributed by atoms with Crippen molar-refractivity contribution in [1.82, 2.24) is 0 Å². The number of benzene rings is 2. The summed E-state index contributed by atoms with van der Waals surface area (Å²) in [5.41, 5.74) is 4.94. The molecule has 0 aromatic heterocycles. The fraction of sp³-hybridized carbons (Fsp3) is 0.188. The number of hydrogen-bond acceptors (Lipinski definition) is 2. The van der Waals surface area contributed by atoms with Crippen molar-refractivity contribution < 1.29 is 4.39 Å². The highest BCUT2D eigenvalue weighted by Gasteiger charge is 2.08. The predicted octanol–water partition coefficient (Wildman–Crippen LogP) is 4.37. The molecule has 0 aliphatic heterocycles. The lowest BCUT2D eigenvalue weighted by Crippen LogP contribution is -1.99. The van der Waals surface area contributed by atoms with Gasteiger partial charge in [0.2, 0.25) is 0 Å². The van der Waals surface area contributed by atoms with E-state index in [1.807, 2.05) is 26.8 Å². The molecule has 3 heteroatoms. The van der Waals surface area contributed by atoms with Crippen LogP contribution in [0.4, 0.5) is 15.8 Å². The molecule has 19 heavy (non-hydrogen) atoms. The Morgan fingerprint density at radius 3 is 2.21 bits per heavy atom. The highest BCUT2D eigenvalue weighted by Crippen LogP contribution is 2.27. The molecule has 0 aliphatic carbocycles. The number of anilines is 2. The smallest absolute Gasteiger partial charge is 0.147 e. The van der Waals surface area contributed by atoms with Crippen LogP contribution in [0.1, 0.15) is 22.3 Å². The van der Waals surface area contributed by atoms with Crippen LogP contribution in [-0.2, 0) is 0 Å². The molecule has 0 radical (unpaired) electrons. The fourth-order valence-corrected chi connectivity index (χ4v) is 2.20. The first-order valence-electron chi connectivity index (χ1n) is 6.06. The molecular formula is C16H15FN2. The lowest BCUT2D eigenvalue weighted by molar-refractivity contribution is 0.631. The van der Waals surface area contributed by atoms with E-state index >= 15 is 0 Å². The molecule has 0 atom stereocenters. The maximum absolute atomic E-state index is 13.9. The van der Waals surface area contributed by atoms with Crippen molar-refractivity contribution >= 4 is 11.4 Å². The molecule has 2 rings (SSSR count). The minimum absolute atomic E-state index is 0.320. The molecule has 1 N–H and O–H groups in total. The van der Waals surface area contributed by atoms with Crippen molar-refractivity contribution in [2.24, 2.45) is 0 Å². The lowest BCUT2D eigenvalue weighted by Gasteiger charge is -2.14. The first-order chi connectivity index (χ1) is 9.01. The molecule has 0 unspecified atom stereocenters. The second-order valence-corrected chi connectivity index (χ2v) is 4.71. The Bertz CT molecular complexity index is 646. The van der Waals surface area contributed by atoms with Gasteiger partial charge >= 0.3 is 0 Å². The third-order valence-corrected chi connectivity index (χ3v) is 3.03. The number of halogens is 1. The number of nitrogens with zero attached hydrogens (tertiary/aromatic N) is 1. The van der Waals surface area contributed by atoms with Crippen LogP contribution in [0.25, 0.3) is 0 Å². The van der Waals surface area contributed by atoms with Crippen molar-refractivity contribution in [2.75, 3.05) is 5.32 Å². The van der Waals surface area contributed by atoms with E-state index < -0.39 is 5.82 Å². The monoisotopic (exact) mass is 254 g/mol. The molecule has 0 saturated carbocycles. The first-order valence-corrected chi connectivity index (χ1v) is 6.06. The van der Waals surface area contributed by atoms with Gasteiger partial charge in [0.05, 0.1) is 17.3 Å². The summed E-state index contributed by atoms with van der Waals surface area (Å²) >= 11 is 0. The molecule has 0 bridgehead atoms. The van der Waals surface area contributed by atoms with E-state index in [0.29, 0.717) is 11.3 Å². The van der Waals surface area contributed by atoms with Crippen LogP contribution in [0.2, 0.25) is 0 Å². The summed E-state index contributed by atoms with van der Waals surface area (Å²) in [6.45, 7) is 6.01. The van der Waals surface area contributed by atoms with Crippen LogP contribution in [-0.4, -0.2) is 0 Å². The van der Waals surface area contributed by atoms with E-state index in [1.165, 1.54) is 11.6 Å². The van der Waals surface area contributed by atoms with Gasteiger partial charge in [-0.1, -0.05) is 17.7 Å². The Labute approximate surface area is 112 Å².